The molecule has 4 nitrogen and oxygen atoms in total. The summed E-state index contributed by atoms with van der Waals surface area (Å²) in [5.74, 6) is -0.150. The molecule has 0 saturated heterocycles. The zero-order valence-electron chi connectivity index (χ0n) is 6.33. The van der Waals surface area contributed by atoms with Crippen LogP contribution in [0.1, 0.15) is 0 Å². The van der Waals surface area contributed by atoms with Crippen molar-refractivity contribution in [3.63, 3.8) is 0 Å². The predicted octanol–water partition coefficient (Wildman–Crippen LogP) is 1.66. The van der Waals surface area contributed by atoms with E-state index in [9.17, 15) is 4.39 Å². The molecule has 1 aromatic carbocycles. The molecule has 0 bridgehead atoms. The second-order valence-corrected chi connectivity index (χ2v) is 2.81. The van der Waals surface area contributed by atoms with Crippen LogP contribution in [-0.4, -0.2) is 20.6 Å². The minimum absolute atomic E-state index is 0.262. The van der Waals surface area contributed by atoms with E-state index in [1.807, 2.05) is 0 Å². The van der Waals surface area contributed by atoms with Crippen LogP contribution in [0.2, 0.25) is 5.02 Å². The van der Waals surface area contributed by atoms with Gasteiger partial charge in [-0.25, -0.2) is 9.49 Å². The van der Waals surface area contributed by atoms with Crippen molar-refractivity contribution in [2.24, 2.45) is 0 Å². The lowest BCUT2D eigenvalue weighted by Gasteiger charge is -1.97. The third kappa shape index (κ3) is 1.50. The van der Waals surface area contributed by atoms with Gasteiger partial charge in [-0.05, 0) is 28.6 Å². The van der Waals surface area contributed by atoms with Gasteiger partial charge in [0.2, 0.25) is 0 Å². The molecule has 13 heavy (non-hydrogen) atoms. The highest BCUT2D eigenvalue weighted by molar-refractivity contribution is 6.30. The predicted molar refractivity (Wildman–Crippen MR) is 44.6 cm³/mol. The molecule has 1 aromatic heterocycles. The van der Waals surface area contributed by atoms with Gasteiger partial charge < -0.3 is 0 Å². The Bertz CT molecular complexity index is 414. The molecular weight excluding hydrogens is 195 g/mol. The average Bonchev–Trinajstić information content (AvgIpc) is 2.61. The van der Waals surface area contributed by atoms with E-state index in [0.29, 0.717) is 5.02 Å². The van der Waals surface area contributed by atoms with E-state index in [1.54, 1.807) is 0 Å². The van der Waals surface area contributed by atoms with Crippen molar-refractivity contribution in [2.75, 3.05) is 0 Å². The largest absolute Gasteiger partial charge is 0.239 e. The Labute approximate surface area is 77.7 Å². The van der Waals surface area contributed by atoms with Gasteiger partial charge in [-0.15, -0.1) is 5.10 Å². The molecule has 6 heteroatoms. The van der Waals surface area contributed by atoms with Crippen LogP contribution >= 0.6 is 11.6 Å². The van der Waals surface area contributed by atoms with Crippen molar-refractivity contribution in [2.45, 2.75) is 0 Å². The Morgan fingerprint density at radius 3 is 2.92 bits per heavy atom. The molecule has 0 atom stereocenters. The van der Waals surface area contributed by atoms with E-state index in [0.717, 1.165) is 0 Å². The first kappa shape index (κ1) is 8.12. The fourth-order valence-corrected chi connectivity index (χ4v) is 1.12. The molecule has 2 aromatic rings. The summed E-state index contributed by atoms with van der Waals surface area (Å²) in [7, 11) is 0. The molecule has 0 aliphatic carbocycles. The van der Waals surface area contributed by atoms with Gasteiger partial charge in [0.25, 0.3) is 0 Å². The Kier molecular flexibility index (Phi) is 1.94. The number of rotatable bonds is 1. The highest BCUT2D eigenvalue weighted by atomic mass is 35.5. The molecule has 0 radical (unpaired) electrons. The van der Waals surface area contributed by atoms with Crippen molar-refractivity contribution < 1.29 is 4.39 Å². The second kappa shape index (κ2) is 3.10. The number of nitrogens with zero attached hydrogens (tertiary/aromatic N) is 3. The van der Waals surface area contributed by atoms with Crippen LogP contribution in [0, 0.1) is 5.82 Å². The van der Waals surface area contributed by atoms with E-state index in [4.69, 9.17) is 11.6 Å². The Hall–Kier alpha value is -1.49. The quantitative estimate of drug-likeness (QED) is 0.758. The van der Waals surface area contributed by atoms with Gasteiger partial charge in [0, 0.05) is 5.02 Å². The molecule has 0 amide bonds. The Morgan fingerprint density at radius 1 is 1.38 bits per heavy atom. The van der Waals surface area contributed by atoms with Crippen LogP contribution in [0.25, 0.3) is 11.4 Å². The molecule has 1 N–H and O–H groups in total. The number of tetrazole rings is 1. The number of hydrogen-bond acceptors (Lipinski definition) is 3. The molecule has 0 unspecified atom stereocenters. The summed E-state index contributed by atoms with van der Waals surface area (Å²) in [6, 6.07) is 4.18. The second-order valence-electron chi connectivity index (χ2n) is 2.37. The lowest BCUT2D eigenvalue weighted by Crippen LogP contribution is -1.86. The zero-order chi connectivity index (χ0) is 9.26. The summed E-state index contributed by atoms with van der Waals surface area (Å²) in [6.45, 7) is 0. The summed E-state index contributed by atoms with van der Waals surface area (Å²) < 4.78 is 13.2. The smallest absolute Gasteiger partial charge is 0.182 e. The summed E-state index contributed by atoms with van der Waals surface area (Å²) in [5, 5.41) is 13.1. The van der Waals surface area contributed by atoms with Gasteiger partial charge in [0.05, 0.1) is 5.56 Å². The average molecular weight is 199 g/mol. The topological polar surface area (TPSA) is 54.5 Å². The first-order valence-corrected chi connectivity index (χ1v) is 3.84. The zero-order valence-corrected chi connectivity index (χ0v) is 7.09. The van der Waals surface area contributed by atoms with Gasteiger partial charge in [0.1, 0.15) is 5.82 Å². The SMILES string of the molecule is Fc1ccc(Cl)cc1-c1nnn[nH]1. The molecular formula is C7H4ClFN4. The molecule has 0 aliphatic heterocycles. The maximum absolute atomic E-state index is 13.2. The number of aromatic nitrogens is 4. The molecule has 0 aliphatic rings. The highest BCUT2D eigenvalue weighted by Gasteiger charge is 2.08. The van der Waals surface area contributed by atoms with Crippen molar-refractivity contribution >= 4 is 11.6 Å². The van der Waals surface area contributed by atoms with Crippen molar-refractivity contribution in [3.05, 3.63) is 29.0 Å². The summed E-state index contributed by atoms with van der Waals surface area (Å²) in [4.78, 5) is 0. The van der Waals surface area contributed by atoms with Crippen LogP contribution < -0.4 is 0 Å². The first-order chi connectivity index (χ1) is 6.27. The minimum atomic E-state index is -0.414. The first-order valence-electron chi connectivity index (χ1n) is 3.46. The van der Waals surface area contributed by atoms with Gasteiger partial charge in [-0.1, -0.05) is 11.6 Å². The third-order valence-corrected chi connectivity index (χ3v) is 1.76. The van der Waals surface area contributed by atoms with Gasteiger partial charge in [-0.3, -0.25) is 0 Å². The number of hydrogen-bond donors (Lipinski definition) is 1. The Balaban J connectivity index is 2.57. The van der Waals surface area contributed by atoms with Crippen molar-refractivity contribution in [1.29, 1.82) is 0 Å². The number of nitrogens with one attached hydrogen (secondary N) is 1. The Morgan fingerprint density at radius 2 is 2.23 bits per heavy atom. The third-order valence-electron chi connectivity index (χ3n) is 1.53. The summed E-state index contributed by atoms with van der Waals surface area (Å²) in [6.07, 6.45) is 0. The van der Waals surface area contributed by atoms with Gasteiger partial charge in [-0.2, -0.15) is 0 Å². The highest BCUT2D eigenvalue weighted by Crippen LogP contribution is 2.21. The molecule has 0 fully saturated rings. The van der Waals surface area contributed by atoms with E-state index in [-0.39, 0.29) is 11.4 Å². The van der Waals surface area contributed by atoms with E-state index in [2.05, 4.69) is 20.6 Å². The lowest BCUT2D eigenvalue weighted by atomic mass is 10.2. The van der Waals surface area contributed by atoms with Crippen LogP contribution in [0.15, 0.2) is 18.2 Å². The fourth-order valence-electron chi connectivity index (χ4n) is 0.952. The molecule has 0 saturated carbocycles. The number of benzene rings is 1. The van der Waals surface area contributed by atoms with Gasteiger partial charge >= 0.3 is 0 Å². The number of halogens is 2. The van der Waals surface area contributed by atoms with E-state index in [1.165, 1.54) is 18.2 Å². The monoisotopic (exact) mass is 198 g/mol. The molecule has 0 spiro atoms. The van der Waals surface area contributed by atoms with Crippen LogP contribution in [0.3, 0.4) is 0 Å². The summed E-state index contributed by atoms with van der Waals surface area (Å²) >= 11 is 5.68. The standard InChI is InChI=1S/C7H4ClFN4/c8-4-1-2-6(9)5(3-4)7-10-12-13-11-7/h1-3H,(H,10,11,12,13). The molecule has 2 rings (SSSR count). The van der Waals surface area contributed by atoms with Crippen molar-refractivity contribution in [3.8, 4) is 11.4 Å². The lowest BCUT2D eigenvalue weighted by molar-refractivity contribution is 0.630. The normalized spacial score (nSPS) is 10.3. The van der Waals surface area contributed by atoms with Crippen molar-refractivity contribution in [1.82, 2.24) is 20.6 Å². The maximum atomic E-state index is 13.2. The van der Waals surface area contributed by atoms with E-state index >= 15 is 0 Å². The number of H-pyrrole nitrogens is 1. The van der Waals surface area contributed by atoms with Gasteiger partial charge in [0.15, 0.2) is 5.82 Å². The number of aromatic amines is 1. The van der Waals surface area contributed by atoms with Crippen LogP contribution in [-0.2, 0) is 0 Å². The molecule has 66 valence electrons. The maximum Gasteiger partial charge on any atom is 0.182 e. The summed E-state index contributed by atoms with van der Waals surface area (Å²) in [5.41, 5.74) is 0.262. The van der Waals surface area contributed by atoms with Crippen LogP contribution in [0.5, 0.6) is 0 Å². The van der Waals surface area contributed by atoms with Crippen LogP contribution in [0.4, 0.5) is 4.39 Å². The fraction of sp³-hybridized carbons (Fsp3) is 0. The molecule has 1 heterocycles. The minimum Gasteiger partial charge on any atom is -0.239 e. The van der Waals surface area contributed by atoms with E-state index < -0.39 is 5.82 Å².